The highest BCUT2D eigenvalue weighted by atomic mass is 15.4. The quantitative estimate of drug-likeness (QED) is 0.897. The lowest BCUT2D eigenvalue weighted by atomic mass is 9.80. The maximum Gasteiger partial charge on any atom is 0.231 e. The topological polar surface area (TPSA) is 71.2 Å². The van der Waals surface area contributed by atoms with Crippen LogP contribution < -0.4 is 15.5 Å². The minimum Gasteiger partial charge on any atom is -0.368 e. The van der Waals surface area contributed by atoms with Crippen LogP contribution in [0.4, 0.5) is 17.8 Å². The van der Waals surface area contributed by atoms with E-state index < -0.39 is 0 Å². The van der Waals surface area contributed by atoms with Gasteiger partial charge in [0.15, 0.2) is 0 Å². The summed E-state index contributed by atoms with van der Waals surface area (Å²) < 4.78 is 0. The average molecular weight is 290 g/mol. The Morgan fingerprint density at radius 1 is 0.952 bits per heavy atom. The van der Waals surface area contributed by atoms with Gasteiger partial charge in [-0.05, 0) is 30.6 Å². The van der Waals surface area contributed by atoms with Crippen LogP contribution in [0.25, 0.3) is 0 Å². The fourth-order valence-electron chi connectivity index (χ4n) is 3.22. The largest absolute Gasteiger partial charge is 0.368 e. The van der Waals surface area contributed by atoms with Crippen LogP contribution in [0.1, 0.15) is 40.0 Å². The highest BCUT2D eigenvalue weighted by Gasteiger charge is 2.33. The molecule has 2 N–H and O–H groups in total. The summed E-state index contributed by atoms with van der Waals surface area (Å²) in [4.78, 5) is 17.8. The third-order valence-corrected chi connectivity index (χ3v) is 4.71. The molecular formula is C15H26N6. The van der Waals surface area contributed by atoms with Gasteiger partial charge >= 0.3 is 0 Å². The van der Waals surface area contributed by atoms with E-state index in [1.807, 2.05) is 0 Å². The second-order valence-electron chi connectivity index (χ2n) is 7.29. The van der Waals surface area contributed by atoms with Gasteiger partial charge in [0.1, 0.15) is 0 Å². The summed E-state index contributed by atoms with van der Waals surface area (Å²) in [5.74, 6) is 2.50. The summed E-state index contributed by atoms with van der Waals surface area (Å²) in [7, 11) is 0. The lowest BCUT2D eigenvalue weighted by Crippen LogP contribution is -2.28. The first-order chi connectivity index (χ1) is 9.93. The van der Waals surface area contributed by atoms with E-state index in [0.29, 0.717) is 17.3 Å². The Morgan fingerprint density at radius 3 is 2.14 bits per heavy atom. The molecule has 116 valence electrons. The Labute approximate surface area is 126 Å². The first-order valence-corrected chi connectivity index (χ1v) is 7.95. The molecule has 6 nitrogen and oxygen atoms in total. The monoisotopic (exact) mass is 290 g/mol. The summed E-state index contributed by atoms with van der Waals surface area (Å²) in [6.07, 6.45) is 3.60. The number of aromatic nitrogens is 3. The number of hydrogen-bond donors (Lipinski definition) is 1. The van der Waals surface area contributed by atoms with Gasteiger partial charge in [0.25, 0.3) is 0 Å². The fraction of sp³-hybridized carbons (Fsp3) is 0.800. The van der Waals surface area contributed by atoms with Gasteiger partial charge in [0, 0.05) is 26.2 Å². The summed E-state index contributed by atoms with van der Waals surface area (Å²) in [5, 5.41) is 0. The molecule has 1 aromatic heterocycles. The zero-order valence-corrected chi connectivity index (χ0v) is 13.3. The van der Waals surface area contributed by atoms with E-state index in [-0.39, 0.29) is 0 Å². The SMILES string of the molecule is CC(C)(C)C1CCN(c2nc(N)nc(N3CCCC3)n2)C1. The van der Waals surface area contributed by atoms with E-state index in [2.05, 4.69) is 45.5 Å². The maximum atomic E-state index is 5.90. The van der Waals surface area contributed by atoms with Crippen LogP contribution >= 0.6 is 0 Å². The maximum absolute atomic E-state index is 5.90. The molecule has 1 unspecified atom stereocenters. The van der Waals surface area contributed by atoms with Gasteiger partial charge in [-0.3, -0.25) is 0 Å². The van der Waals surface area contributed by atoms with Gasteiger partial charge in [0.2, 0.25) is 17.8 Å². The minimum atomic E-state index is 0.325. The van der Waals surface area contributed by atoms with Crippen molar-refractivity contribution in [2.24, 2.45) is 11.3 Å². The van der Waals surface area contributed by atoms with Gasteiger partial charge in [-0.15, -0.1) is 0 Å². The molecule has 1 atom stereocenters. The lowest BCUT2D eigenvalue weighted by Gasteiger charge is -2.27. The molecular weight excluding hydrogens is 264 g/mol. The normalized spacial score (nSPS) is 23.1. The Balaban J connectivity index is 1.79. The molecule has 1 aromatic rings. The number of anilines is 3. The van der Waals surface area contributed by atoms with Crippen LogP contribution in [0.5, 0.6) is 0 Å². The summed E-state index contributed by atoms with van der Waals surface area (Å²) in [6, 6.07) is 0. The molecule has 6 heteroatoms. The zero-order valence-electron chi connectivity index (χ0n) is 13.3. The molecule has 2 fully saturated rings. The van der Waals surface area contributed by atoms with Crippen molar-refractivity contribution in [1.82, 2.24) is 15.0 Å². The Hall–Kier alpha value is -1.59. The molecule has 2 aliphatic rings. The van der Waals surface area contributed by atoms with E-state index in [1.54, 1.807) is 0 Å². The van der Waals surface area contributed by atoms with Crippen LogP contribution in [0.3, 0.4) is 0 Å². The summed E-state index contributed by atoms with van der Waals surface area (Å²) >= 11 is 0. The molecule has 0 amide bonds. The molecule has 3 rings (SSSR count). The van der Waals surface area contributed by atoms with Crippen molar-refractivity contribution in [2.45, 2.75) is 40.0 Å². The van der Waals surface area contributed by atoms with E-state index in [9.17, 15) is 0 Å². The number of nitrogen functional groups attached to an aromatic ring is 1. The van der Waals surface area contributed by atoms with Crippen molar-refractivity contribution in [3.05, 3.63) is 0 Å². The number of rotatable bonds is 2. The minimum absolute atomic E-state index is 0.325. The Morgan fingerprint density at radius 2 is 1.57 bits per heavy atom. The molecule has 3 heterocycles. The van der Waals surface area contributed by atoms with Crippen LogP contribution in [0, 0.1) is 11.3 Å². The van der Waals surface area contributed by atoms with Crippen LogP contribution in [-0.4, -0.2) is 41.1 Å². The van der Waals surface area contributed by atoms with Crippen molar-refractivity contribution in [1.29, 1.82) is 0 Å². The molecule has 21 heavy (non-hydrogen) atoms. The summed E-state index contributed by atoms with van der Waals surface area (Å²) in [5.41, 5.74) is 6.22. The molecule has 2 aliphatic heterocycles. The third-order valence-electron chi connectivity index (χ3n) is 4.71. The number of nitrogens with two attached hydrogens (primary N) is 1. The first kappa shape index (κ1) is 14.4. The van der Waals surface area contributed by atoms with Crippen LogP contribution in [0.15, 0.2) is 0 Å². The third kappa shape index (κ3) is 3.04. The van der Waals surface area contributed by atoms with Crippen molar-refractivity contribution in [2.75, 3.05) is 41.7 Å². The summed E-state index contributed by atoms with van der Waals surface area (Å²) in [6.45, 7) is 11.0. The van der Waals surface area contributed by atoms with Gasteiger partial charge < -0.3 is 15.5 Å². The van der Waals surface area contributed by atoms with Gasteiger partial charge in [-0.25, -0.2) is 0 Å². The predicted octanol–water partition coefficient (Wildman–Crippen LogP) is 1.93. The fourth-order valence-corrected chi connectivity index (χ4v) is 3.22. The highest BCUT2D eigenvalue weighted by molar-refractivity contribution is 5.44. The molecule has 0 radical (unpaired) electrons. The molecule has 0 bridgehead atoms. The van der Waals surface area contributed by atoms with E-state index in [4.69, 9.17) is 5.73 Å². The van der Waals surface area contributed by atoms with Crippen molar-refractivity contribution in [3.63, 3.8) is 0 Å². The van der Waals surface area contributed by atoms with Gasteiger partial charge in [-0.1, -0.05) is 20.8 Å². The highest BCUT2D eigenvalue weighted by Crippen LogP contribution is 2.35. The predicted molar refractivity (Wildman–Crippen MR) is 85.5 cm³/mol. The Kier molecular flexibility index (Phi) is 3.63. The molecule has 2 saturated heterocycles. The Bertz CT molecular complexity index is 503. The average Bonchev–Trinajstić information content (AvgIpc) is 3.09. The lowest BCUT2D eigenvalue weighted by molar-refractivity contribution is 0.263. The molecule has 0 saturated carbocycles. The van der Waals surface area contributed by atoms with E-state index in [0.717, 1.165) is 38.1 Å². The van der Waals surface area contributed by atoms with E-state index >= 15 is 0 Å². The second-order valence-corrected chi connectivity index (χ2v) is 7.29. The standard InChI is InChI=1S/C15H26N6/c1-15(2,3)11-6-9-21(10-11)14-18-12(16)17-13(19-14)20-7-4-5-8-20/h11H,4-10H2,1-3H3,(H2,16,17,18,19). The first-order valence-electron chi connectivity index (χ1n) is 7.95. The van der Waals surface area contributed by atoms with E-state index in [1.165, 1.54) is 19.3 Å². The van der Waals surface area contributed by atoms with Crippen LogP contribution in [-0.2, 0) is 0 Å². The number of nitrogens with zero attached hydrogens (tertiary/aromatic N) is 5. The van der Waals surface area contributed by atoms with Crippen molar-refractivity contribution in [3.8, 4) is 0 Å². The van der Waals surface area contributed by atoms with Crippen LogP contribution in [0.2, 0.25) is 0 Å². The zero-order chi connectivity index (χ0) is 15.0. The molecule has 0 spiro atoms. The van der Waals surface area contributed by atoms with Crippen molar-refractivity contribution >= 4 is 17.8 Å². The molecule has 0 aromatic carbocycles. The molecule has 0 aliphatic carbocycles. The van der Waals surface area contributed by atoms with Crippen molar-refractivity contribution < 1.29 is 0 Å². The second kappa shape index (κ2) is 5.31. The van der Waals surface area contributed by atoms with Gasteiger partial charge in [0.05, 0.1) is 0 Å². The smallest absolute Gasteiger partial charge is 0.231 e. The van der Waals surface area contributed by atoms with Gasteiger partial charge in [-0.2, -0.15) is 15.0 Å². The number of hydrogen-bond acceptors (Lipinski definition) is 6.